The average molecular weight is 444 g/mol. The van der Waals surface area contributed by atoms with Gasteiger partial charge in [-0.3, -0.25) is 9.59 Å². The van der Waals surface area contributed by atoms with E-state index in [-0.39, 0.29) is 23.1 Å². The second-order valence-corrected chi connectivity index (χ2v) is 10.0. The average Bonchev–Trinajstić information content (AvgIpc) is 3.13. The molecule has 1 spiro atoms. The van der Waals surface area contributed by atoms with Gasteiger partial charge in [0.1, 0.15) is 5.82 Å². The van der Waals surface area contributed by atoms with Gasteiger partial charge in [-0.25, -0.2) is 4.39 Å². The van der Waals surface area contributed by atoms with E-state index in [0.717, 1.165) is 76.0 Å². The second-order valence-electron chi connectivity index (χ2n) is 10.0. The number of rotatable bonds is 2. The fraction of sp³-hybridized carbons (Fsp3) is 0.680. The van der Waals surface area contributed by atoms with Crippen molar-refractivity contribution in [1.82, 2.24) is 9.80 Å². The molecule has 2 amide bonds. The van der Waals surface area contributed by atoms with Crippen molar-refractivity contribution in [2.45, 2.75) is 56.9 Å². The van der Waals surface area contributed by atoms with Crippen LogP contribution in [-0.4, -0.2) is 73.6 Å². The molecule has 0 aromatic heterocycles. The Hall–Kier alpha value is -1.99. The lowest BCUT2D eigenvalue weighted by Gasteiger charge is -2.45. The standard InChI is InChI=1S/C25H34FN3O3/c1-18(30)29-17-25(22-16-20(26)4-7-23(22)29)8-10-27(11-9-25)21-5-2-19(3-6-21)24(31)28-12-14-32-15-13-28/h4,7,16,19,21H,2-3,5-6,8-15,17H2,1H3. The van der Waals surface area contributed by atoms with Crippen LogP contribution in [0.15, 0.2) is 18.2 Å². The largest absolute Gasteiger partial charge is 0.378 e. The van der Waals surface area contributed by atoms with E-state index in [9.17, 15) is 14.0 Å². The van der Waals surface area contributed by atoms with E-state index in [2.05, 4.69) is 4.90 Å². The lowest BCUT2D eigenvalue weighted by atomic mass is 9.73. The van der Waals surface area contributed by atoms with Crippen LogP contribution in [0.2, 0.25) is 0 Å². The number of halogens is 1. The number of hydrogen-bond donors (Lipinski definition) is 0. The molecule has 7 heteroatoms. The molecule has 5 rings (SSSR count). The van der Waals surface area contributed by atoms with Gasteiger partial charge in [-0.1, -0.05) is 0 Å². The van der Waals surface area contributed by atoms with E-state index in [1.807, 2.05) is 9.80 Å². The molecule has 2 saturated heterocycles. The Balaban J connectivity index is 1.19. The van der Waals surface area contributed by atoms with Crippen LogP contribution in [0.25, 0.3) is 0 Å². The number of hydrogen-bond acceptors (Lipinski definition) is 4. The van der Waals surface area contributed by atoms with E-state index in [1.54, 1.807) is 19.1 Å². The summed E-state index contributed by atoms with van der Waals surface area (Å²) in [6.45, 7) is 6.96. The minimum Gasteiger partial charge on any atom is -0.378 e. The number of ether oxygens (including phenoxy) is 1. The topological polar surface area (TPSA) is 53.1 Å². The highest BCUT2D eigenvalue weighted by atomic mass is 19.1. The molecule has 32 heavy (non-hydrogen) atoms. The predicted octanol–water partition coefficient (Wildman–Crippen LogP) is 2.94. The summed E-state index contributed by atoms with van der Waals surface area (Å²) in [7, 11) is 0. The van der Waals surface area contributed by atoms with Crippen LogP contribution < -0.4 is 4.90 Å². The fourth-order valence-electron chi connectivity index (χ4n) is 6.40. The number of morpholine rings is 1. The number of carbonyl (C=O) groups excluding carboxylic acids is 2. The normalized spacial score (nSPS) is 28.1. The van der Waals surface area contributed by atoms with Crippen LogP contribution in [0.1, 0.15) is 51.0 Å². The number of benzene rings is 1. The molecule has 174 valence electrons. The van der Waals surface area contributed by atoms with Crippen LogP contribution >= 0.6 is 0 Å². The number of fused-ring (bicyclic) bond motifs is 2. The molecule has 6 nitrogen and oxygen atoms in total. The van der Waals surface area contributed by atoms with Gasteiger partial charge in [0, 0.05) is 49.6 Å². The maximum absolute atomic E-state index is 14.1. The summed E-state index contributed by atoms with van der Waals surface area (Å²) in [6, 6.07) is 5.40. The Morgan fingerprint density at radius 2 is 1.72 bits per heavy atom. The third-order valence-corrected chi connectivity index (χ3v) is 8.30. The van der Waals surface area contributed by atoms with Gasteiger partial charge in [0.25, 0.3) is 0 Å². The van der Waals surface area contributed by atoms with Gasteiger partial charge < -0.3 is 19.4 Å². The second kappa shape index (κ2) is 8.75. The Morgan fingerprint density at radius 3 is 2.38 bits per heavy atom. The highest BCUT2D eigenvalue weighted by Crippen LogP contribution is 2.48. The molecular formula is C25H34FN3O3. The smallest absolute Gasteiger partial charge is 0.225 e. The quantitative estimate of drug-likeness (QED) is 0.705. The van der Waals surface area contributed by atoms with E-state index in [1.165, 1.54) is 6.07 Å². The number of nitrogens with zero attached hydrogens (tertiary/aromatic N) is 3. The van der Waals surface area contributed by atoms with Crippen LogP contribution in [0.4, 0.5) is 10.1 Å². The first-order valence-electron chi connectivity index (χ1n) is 12.2. The Labute approximate surface area is 189 Å². The van der Waals surface area contributed by atoms with Crippen LogP contribution in [0, 0.1) is 11.7 Å². The SMILES string of the molecule is CC(=O)N1CC2(CCN(C3CCC(C(=O)N4CCOCC4)CC3)CC2)c2cc(F)ccc21. The van der Waals surface area contributed by atoms with Crippen molar-refractivity contribution in [3.05, 3.63) is 29.6 Å². The minimum absolute atomic E-state index is 0.0282. The molecule has 3 fully saturated rings. The minimum atomic E-state index is -0.223. The molecule has 3 heterocycles. The summed E-state index contributed by atoms with van der Waals surface area (Å²) in [5.41, 5.74) is 1.75. The highest BCUT2D eigenvalue weighted by molar-refractivity contribution is 5.94. The van der Waals surface area contributed by atoms with Crippen molar-refractivity contribution in [2.24, 2.45) is 5.92 Å². The van der Waals surface area contributed by atoms with Gasteiger partial charge in [-0.15, -0.1) is 0 Å². The maximum atomic E-state index is 14.1. The lowest BCUT2D eigenvalue weighted by Crippen LogP contribution is -2.50. The number of amides is 2. The van der Waals surface area contributed by atoms with Crippen LogP contribution in [-0.2, 0) is 19.7 Å². The van der Waals surface area contributed by atoms with Gasteiger partial charge in [0.05, 0.1) is 13.2 Å². The van der Waals surface area contributed by atoms with E-state index >= 15 is 0 Å². The van der Waals surface area contributed by atoms with E-state index in [0.29, 0.717) is 31.7 Å². The zero-order valence-electron chi connectivity index (χ0n) is 19.0. The van der Waals surface area contributed by atoms with Gasteiger partial charge in [-0.05, 0) is 75.4 Å². The third kappa shape index (κ3) is 3.94. The first kappa shape index (κ1) is 21.8. The molecular weight excluding hydrogens is 409 g/mol. The lowest BCUT2D eigenvalue weighted by molar-refractivity contribution is -0.141. The zero-order valence-corrected chi connectivity index (χ0v) is 19.0. The van der Waals surface area contributed by atoms with Crippen molar-refractivity contribution in [2.75, 3.05) is 50.8 Å². The summed E-state index contributed by atoms with van der Waals surface area (Å²) < 4.78 is 19.5. The number of carbonyl (C=O) groups is 2. The molecule has 1 saturated carbocycles. The van der Waals surface area contributed by atoms with Crippen molar-refractivity contribution in [3.63, 3.8) is 0 Å². The Morgan fingerprint density at radius 1 is 1.03 bits per heavy atom. The molecule has 0 unspecified atom stereocenters. The Kier molecular flexibility index (Phi) is 5.97. The van der Waals surface area contributed by atoms with Crippen LogP contribution in [0.3, 0.4) is 0 Å². The van der Waals surface area contributed by atoms with Gasteiger partial charge >= 0.3 is 0 Å². The third-order valence-electron chi connectivity index (χ3n) is 8.30. The van der Waals surface area contributed by atoms with Gasteiger partial charge in [-0.2, -0.15) is 0 Å². The molecule has 0 bridgehead atoms. The monoisotopic (exact) mass is 443 g/mol. The molecule has 3 aliphatic heterocycles. The van der Waals surface area contributed by atoms with Crippen molar-refractivity contribution in [3.8, 4) is 0 Å². The van der Waals surface area contributed by atoms with E-state index in [4.69, 9.17) is 4.74 Å². The summed E-state index contributed by atoms with van der Waals surface area (Å²) in [6.07, 6.45) is 5.96. The number of likely N-dealkylation sites (tertiary alicyclic amines) is 1. The number of anilines is 1. The molecule has 0 N–H and O–H groups in total. The zero-order chi connectivity index (χ0) is 22.3. The number of piperidine rings is 1. The molecule has 4 aliphatic rings. The van der Waals surface area contributed by atoms with Gasteiger partial charge in [0.15, 0.2) is 0 Å². The fourth-order valence-corrected chi connectivity index (χ4v) is 6.40. The summed E-state index contributed by atoms with van der Waals surface area (Å²) >= 11 is 0. The molecule has 0 atom stereocenters. The molecule has 0 radical (unpaired) electrons. The van der Waals surface area contributed by atoms with Crippen molar-refractivity contribution in [1.29, 1.82) is 0 Å². The van der Waals surface area contributed by atoms with Gasteiger partial charge in [0.2, 0.25) is 11.8 Å². The first-order chi connectivity index (χ1) is 15.5. The Bertz CT molecular complexity index is 869. The highest BCUT2D eigenvalue weighted by Gasteiger charge is 2.47. The first-order valence-corrected chi connectivity index (χ1v) is 12.2. The van der Waals surface area contributed by atoms with Crippen molar-refractivity contribution < 1.29 is 18.7 Å². The van der Waals surface area contributed by atoms with Crippen LogP contribution in [0.5, 0.6) is 0 Å². The summed E-state index contributed by atoms with van der Waals surface area (Å²) in [5.74, 6) is 0.284. The maximum Gasteiger partial charge on any atom is 0.225 e. The molecule has 1 aromatic rings. The summed E-state index contributed by atoms with van der Waals surface area (Å²) in [4.78, 5) is 31.4. The molecule has 1 aromatic carbocycles. The van der Waals surface area contributed by atoms with Crippen molar-refractivity contribution >= 4 is 17.5 Å². The van der Waals surface area contributed by atoms with E-state index < -0.39 is 0 Å². The summed E-state index contributed by atoms with van der Waals surface area (Å²) in [5, 5.41) is 0. The predicted molar refractivity (Wildman–Crippen MR) is 120 cm³/mol. The molecule has 1 aliphatic carbocycles.